The second-order valence-electron chi connectivity index (χ2n) is 7.63. The van der Waals surface area contributed by atoms with Crippen molar-refractivity contribution in [2.24, 2.45) is 7.05 Å². The molecule has 4 rings (SSSR count). The number of aliphatic hydroxyl groups excluding tert-OH is 1. The quantitative estimate of drug-likeness (QED) is 0.250. The van der Waals surface area contributed by atoms with Gasteiger partial charge in [0.25, 0.3) is 5.56 Å². The molecule has 12 heteroatoms. The van der Waals surface area contributed by atoms with Gasteiger partial charge < -0.3 is 14.4 Å². The molecule has 0 radical (unpaired) electrons. The number of nitrogens with zero attached hydrogens (tertiary/aromatic N) is 3. The van der Waals surface area contributed by atoms with Crippen molar-refractivity contribution in [1.82, 2.24) is 19.1 Å². The molecular formula is C23H20Cl2N4O5S. The number of aryl methyl sites for hydroxylation is 1. The van der Waals surface area contributed by atoms with Crippen LogP contribution in [0.3, 0.4) is 0 Å². The summed E-state index contributed by atoms with van der Waals surface area (Å²) in [6.45, 7) is -0.123. The van der Waals surface area contributed by atoms with Crippen LogP contribution in [0.2, 0.25) is 10.0 Å². The topological polar surface area (TPSA) is 119 Å². The predicted molar refractivity (Wildman–Crippen MR) is 135 cm³/mol. The van der Waals surface area contributed by atoms with Crippen LogP contribution in [0.1, 0.15) is 10.4 Å². The lowest BCUT2D eigenvalue weighted by molar-refractivity contribution is 0.0914. The van der Waals surface area contributed by atoms with Crippen LogP contribution in [0.4, 0.5) is 0 Å². The van der Waals surface area contributed by atoms with Gasteiger partial charge in [0.05, 0.1) is 12.3 Å². The molecule has 0 aliphatic rings. The van der Waals surface area contributed by atoms with E-state index in [9.17, 15) is 19.5 Å². The van der Waals surface area contributed by atoms with Crippen LogP contribution in [-0.2, 0) is 13.6 Å². The first-order valence-corrected chi connectivity index (χ1v) is 12.1. The molecule has 1 atom stereocenters. The molecule has 0 saturated heterocycles. The summed E-state index contributed by atoms with van der Waals surface area (Å²) in [5.74, 6) is 0.376. The van der Waals surface area contributed by atoms with Crippen LogP contribution in [0, 0.1) is 0 Å². The number of hydrogen-bond donors (Lipinski definition) is 2. The number of hydrogen-bond acceptors (Lipinski definition) is 7. The number of ketones is 1. The SMILES string of the molecule is Cn1c(=O)[nH]c(=O)c2c1nc(SCC(=O)c1ccc(Cl)cc1)n2C[C@H](O)COc1ccc(Cl)cc1. The van der Waals surface area contributed by atoms with Gasteiger partial charge in [-0.15, -0.1) is 0 Å². The van der Waals surface area contributed by atoms with Gasteiger partial charge in [0.1, 0.15) is 18.5 Å². The average Bonchev–Trinajstić information content (AvgIpc) is 3.20. The lowest BCUT2D eigenvalue weighted by Gasteiger charge is -2.15. The molecule has 35 heavy (non-hydrogen) atoms. The van der Waals surface area contributed by atoms with Gasteiger partial charge in [-0.2, -0.15) is 0 Å². The number of Topliss-reactive ketones (excluding diaryl/α,β-unsaturated/α-hetero) is 1. The molecule has 0 unspecified atom stereocenters. The lowest BCUT2D eigenvalue weighted by atomic mass is 10.1. The molecule has 9 nitrogen and oxygen atoms in total. The number of rotatable bonds is 9. The standard InChI is InChI=1S/C23H20Cl2N4O5S/c1-28-20-19(21(32)27-22(28)33)29(10-16(30)11-34-17-8-6-15(25)7-9-17)23(26-20)35-12-18(31)13-2-4-14(24)5-3-13/h2-9,16,30H,10-12H2,1H3,(H,27,32,33)/t16-/m0/s1. The number of H-pyrrole nitrogens is 1. The van der Waals surface area contributed by atoms with Gasteiger partial charge in [-0.1, -0.05) is 35.0 Å². The molecule has 0 fully saturated rings. The van der Waals surface area contributed by atoms with E-state index in [1.807, 2.05) is 0 Å². The van der Waals surface area contributed by atoms with Crippen molar-refractivity contribution >= 4 is 51.9 Å². The van der Waals surface area contributed by atoms with Gasteiger partial charge in [0, 0.05) is 22.7 Å². The summed E-state index contributed by atoms with van der Waals surface area (Å²) in [6, 6.07) is 13.2. The Bertz CT molecular complexity index is 1480. The molecule has 0 aliphatic heterocycles. The zero-order chi connectivity index (χ0) is 25.1. The zero-order valence-corrected chi connectivity index (χ0v) is 20.7. The number of benzene rings is 2. The van der Waals surface area contributed by atoms with Gasteiger partial charge in [-0.3, -0.25) is 19.1 Å². The molecule has 0 spiro atoms. The fourth-order valence-corrected chi connectivity index (χ4v) is 4.48. The monoisotopic (exact) mass is 534 g/mol. The third-order valence-electron chi connectivity index (χ3n) is 5.12. The summed E-state index contributed by atoms with van der Waals surface area (Å²) in [5.41, 5.74) is -0.527. The molecule has 2 aromatic carbocycles. The zero-order valence-electron chi connectivity index (χ0n) is 18.4. The molecule has 182 valence electrons. The summed E-state index contributed by atoms with van der Waals surface area (Å²) in [6.07, 6.45) is -1.02. The number of ether oxygens (including phenoxy) is 1. The number of imidazole rings is 1. The Hall–Kier alpha value is -3.05. The normalized spacial score (nSPS) is 12.1. The van der Waals surface area contributed by atoms with Crippen LogP contribution in [0.25, 0.3) is 11.2 Å². The maximum absolute atomic E-state index is 12.6. The number of fused-ring (bicyclic) bond motifs is 1. The van der Waals surface area contributed by atoms with Gasteiger partial charge >= 0.3 is 5.69 Å². The summed E-state index contributed by atoms with van der Waals surface area (Å²) < 4.78 is 8.30. The third kappa shape index (κ3) is 5.79. The third-order valence-corrected chi connectivity index (χ3v) is 6.60. The number of halogens is 2. The molecule has 0 saturated carbocycles. The van der Waals surface area contributed by atoms with Gasteiger partial charge in [-0.25, -0.2) is 9.78 Å². The van der Waals surface area contributed by atoms with Crippen LogP contribution in [0.5, 0.6) is 5.75 Å². The number of thioether (sulfide) groups is 1. The number of aromatic amines is 1. The van der Waals surface area contributed by atoms with Crippen LogP contribution >= 0.6 is 35.0 Å². The molecule has 2 heterocycles. The van der Waals surface area contributed by atoms with Crippen LogP contribution in [-0.4, -0.2) is 48.5 Å². The maximum atomic E-state index is 12.6. The van der Waals surface area contributed by atoms with E-state index in [-0.39, 0.29) is 35.9 Å². The number of aromatic nitrogens is 4. The minimum atomic E-state index is -1.02. The van der Waals surface area contributed by atoms with Gasteiger partial charge in [-0.05, 0) is 48.5 Å². The second kappa shape index (κ2) is 10.7. The van der Waals surface area contributed by atoms with Gasteiger partial charge in [0.15, 0.2) is 22.1 Å². The molecule has 2 N–H and O–H groups in total. The Morgan fingerprint density at radius 2 is 1.74 bits per heavy atom. The van der Waals surface area contributed by atoms with Crippen molar-refractivity contribution in [3.8, 4) is 5.75 Å². The smallest absolute Gasteiger partial charge is 0.329 e. The summed E-state index contributed by atoms with van der Waals surface area (Å²) >= 11 is 12.9. The van der Waals surface area contributed by atoms with E-state index >= 15 is 0 Å². The van der Waals surface area contributed by atoms with E-state index in [0.29, 0.717) is 26.5 Å². The maximum Gasteiger partial charge on any atom is 0.329 e. The first-order valence-electron chi connectivity index (χ1n) is 10.4. The Morgan fingerprint density at radius 1 is 1.11 bits per heavy atom. The van der Waals surface area contributed by atoms with E-state index in [1.54, 1.807) is 48.5 Å². The van der Waals surface area contributed by atoms with Crippen LogP contribution < -0.4 is 16.0 Å². The summed E-state index contributed by atoms with van der Waals surface area (Å²) in [5, 5.41) is 12.0. The summed E-state index contributed by atoms with van der Waals surface area (Å²) in [4.78, 5) is 44.0. The highest BCUT2D eigenvalue weighted by molar-refractivity contribution is 7.99. The fraction of sp³-hybridized carbons (Fsp3) is 0.217. The number of nitrogens with one attached hydrogen (secondary N) is 1. The Morgan fingerprint density at radius 3 is 2.40 bits per heavy atom. The van der Waals surface area contributed by atoms with Crippen molar-refractivity contribution in [3.05, 3.63) is 85.0 Å². The minimum Gasteiger partial charge on any atom is -0.491 e. The number of aliphatic hydroxyl groups is 1. The van der Waals surface area contributed by atoms with Crippen molar-refractivity contribution in [3.63, 3.8) is 0 Å². The molecule has 2 aromatic heterocycles. The second-order valence-corrected chi connectivity index (χ2v) is 9.45. The minimum absolute atomic E-state index is 0.0220. The Kier molecular flexibility index (Phi) is 7.66. The van der Waals surface area contributed by atoms with E-state index in [4.69, 9.17) is 27.9 Å². The van der Waals surface area contributed by atoms with Crippen molar-refractivity contribution < 1.29 is 14.6 Å². The fourth-order valence-electron chi connectivity index (χ4n) is 3.33. The Balaban J connectivity index is 1.59. The van der Waals surface area contributed by atoms with E-state index in [1.165, 1.54) is 16.2 Å². The van der Waals surface area contributed by atoms with E-state index < -0.39 is 17.4 Å². The highest BCUT2D eigenvalue weighted by atomic mass is 35.5. The molecule has 0 bridgehead atoms. The average molecular weight is 535 g/mol. The highest BCUT2D eigenvalue weighted by Gasteiger charge is 2.21. The Labute approximate surface area is 213 Å². The molecule has 0 amide bonds. The van der Waals surface area contributed by atoms with E-state index in [0.717, 1.165) is 11.8 Å². The van der Waals surface area contributed by atoms with Gasteiger partial charge in [0.2, 0.25) is 0 Å². The van der Waals surface area contributed by atoms with Crippen molar-refractivity contribution in [1.29, 1.82) is 0 Å². The molecular weight excluding hydrogens is 515 g/mol. The van der Waals surface area contributed by atoms with Crippen molar-refractivity contribution in [2.75, 3.05) is 12.4 Å². The van der Waals surface area contributed by atoms with Crippen LogP contribution in [0.15, 0.2) is 63.3 Å². The van der Waals surface area contributed by atoms with Crippen molar-refractivity contribution in [2.45, 2.75) is 17.8 Å². The summed E-state index contributed by atoms with van der Waals surface area (Å²) in [7, 11) is 1.48. The first kappa shape index (κ1) is 25.1. The molecule has 0 aliphatic carbocycles. The van der Waals surface area contributed by atoms with E-state index in [2.05, 4.69) is 9.97 Å². The largest absolute Gasteiger partial charge is 0.491 e. The first-order chi connectivity index (χ1) is 16.7. The molecule has 4 aromatic rings. The number of carbonyl (C=O) groups is 1. The lowest BCUT2D eigenvalue weighted by Crippen LogP contribution is -2.30. The highest BCUT2D eigenvalue weighted by Crippen LogP contribution is 2.24. The predicted octanol–water partition coefficient (Wildman–Crippen LogP) is 3.15. The number of carbonyl (C=O) groups excluding carboxylic acids is 1.